The van der Waals surface area contributed by atoms with E-state index in [0.717, 1.165) is 51.6 Å². The zero-order chi connectivity index (χ0) is 17.6. The van der Waals surface area contributed by atoms with Gasteiger partial charge in [0, 0.05) is 30.7 Å². The molecule has 2 N–H and O–H groups in total. The quantitative estimate of drug-likeness (QED) is 0.801. The first-order chi connectivity index (χ1) is 12.1. The Morgan fingerprint density at radius 2 is 1.58 bits per heavy atom. The Bertz CT molecular complexity index is 738. The second kappa shape index (κ2) is 7.37. The van der Waals surface area contributed by atoms with E-state index in [-0.39, 0.29) is 42.2 Å². The fourth-order valence-electron chi connectivity index (χ4n) is 4.19. The van der Waals surface area contributed by atoms with Crippen LogP contribution in [-0.2, 0) is 0 Å². The lowest BCUT2D eigenvalue weighted by Gasteiger charge is -2.31. The van der Waals surface area contributed by atoms with Gasteiger partial charge in [0.25, 0.3) is 17.7 Å². The van der Waals surface area contributed by atoms with Gasteiger partial charge in [-0.25, -0.2) is 0 Å². The minimum absolute atomic E-state index is 0. The van der Waals surface area contributed by atoms with E-state index in [1.54, 1.807) is 18.2 Å². The highest BCUT2D eigenvalue weighted by molar-refractivity contribution is 6.22. The highest BCUT2D eigenvalue weighted by atomic mass is 35.5. The summed E-state index contributed by atoms with van der Waals surface area (Å²) in [5.41, 5.74) is 7.21. The number of nitrogens with two attached hydrogens (primary N) is 1. The van der Waals surface area contributed by atoms with Crippen molar-refractivity contribution < 1.29 is 14.4 Å². The number of imide groups is 1. The highest BCUT2D eigenvalue weighted by Crippen LogP contribution is 2.31. The molecule has 0 aromatic heterocycles. The molecular weight excluding hydrogens is 354 g/mol. The smallest absolute Gasteiger partial charge is 0.261 e. The Balaban J connectivity index is 0.00000196. The molecule has 3 aliphatic rings. The number of likely N-dealkylation sites (tertiary alicyclic amines) is 1. The van der Waals surface area contributed by atoms with Crippen LogP contribution in [0.2, 0.25) is 0 Å². The van der Waals surface area contributed by atoms with Crippen LogP contribution in [0.15, 0.2) is 18.2 Å². The normalized spacial score (nSPS) is 25.3. The van der Waals surface area contributed by atoms with Gasteiger partial charge < -0.3 is 10.6 Å². The Morgan fingerprint density at radius 3 is 2.23 bits per heavy atom. The van der Waals surface area contributed by atoms with Crippen LogP contribution in [0.25, 0.3) is 0 Å². The summed E-state index contributed by atoms with van der Waals surface area (Å²) in [6, 6.07) is 4.99. The van der Waals surface area contributed by atoms with Crippen LogP contribution in [0.1, 0.15) is 69.6 Å². The van der Waals surface area contributed by atoms with E-state index in [1.807, 2.05) is 4.90 Å². The lowest BCUT2D eigenvalue weighted by molar-refractivity contribution is 0.0542. The maximum atomic E-state index is 12.8. The first-order valence-corrected chi connectivity index (χ1v) is 9.13. The number of hydrogen-bond acceptors (Lipinski definition) is 4. The number of halogens is 1. The number of rotatable bonds is 2. The molecule has 0 unspecified atom stereocenters. The number of hydrogen-bond donors (Lipinski definition) is 1. The maximum absolute atomic E-state index is 12.8. The van der Waals surface area contributed by atoms with Crippen molar-refractivity contribution in [2.45, 2.75) is 50.6 Å². The van der Waals surface area contributed by atoms with Gasteiger partial charge in [-0.05, 0) is 56.7 Å². The molecule has 2 heterocycles. The molecule has 1 aliphatic carbocycles. The number of benzene rings is 1. The molecule has 0 atom stereocenters. The van der Waals surface area contributed by atoms with Crippen molar-refractivity contribution in [3.05, 3.63) is 34.9 Å². The first-order valence-electron chi connectivity index (χ1n) is 9.13. The third-order valence-electron chi connectivity index (χ3n) is 5.66. The van der Waals surface area contributed by atoms with Gasteiger partial charge in [0.2, 0.25) is 0 Å². The van der Waals surface area contributed by atoms with Gasteiger partial charge in [-0.15, -0.1) is 12.4 Å². The molecule has 1 saturated carbocycles. The van der Waals surface area contributed by atoms with E-state index in [1.165, 1.54) is 4.90 Å². The average Bonchev–Trinajstić information content (AvgIpc) is 3.24. The topological polar surface area (TPSA) is 83.7 Å². The number of amides is 3. The van der Waals surface area contributed by atoms with Crippen molar-refractivity contribution >= 4 is 30.1 Å². The SMILES string of the molecule is Cl.N[C@H]1CC[C@H](N2C(=O)c3ccc(C(=O)N4CCCC4)cc3C2=O)CC1. The highest BCUT2D eigenvalue weighted by Gasteiger charge is 2.41. The predicted molar refractivity (Wildman–Crippen MR) is 99.6 cm³/mol. The van der Waals surface area contributed by atoms with Gasteiger partial charge in [0.1, 0.15) is 0 Å². The molecule has 7 heteroatoms. The van der Waals surface area contributed by atoms with E-state index in [4.69, 9.17) is 5.73 Å². The minimum atomic E-state index is -0.267. The molecule has 2 fully saturated rings. The van der Waals surface area contributed by atoms with Gasteiger partial charge in [0.15, 0.2) is 0 Å². The fourth-order valence-corrected chi connectivity index (χ4v) is 4.19. The summed E-state index contributed by atoms with van der Waals surface area (Å²) < 4.78 is 0. The summed E-state index contributed by atoms with van der Waals surface area (Å²) >= 11 is 0. The molecule has 1 saturated heterocycles. The maximum Gasteiger partial charge on any atom is 0.261 e. The van der Waals surface area contributed by atoms with E-state index < -0.39 is 0 Å². The first kappa shape index (κ1) is 18.9. The van der Waals surface area contributed by atoms with E-state index in [0.29, 0.717) is 16.7 Å². The zero-order valence-corrected chi connectivity index (χ0v) is 15.5. The molecule has 0 bridgehead atoms. The Hall–Kier alpha value is -1.92. The van der Waals surface area contributed by atoms with Crippen LogP contribution in [0.4, 0.5) is 0 Å². The standard InChI is InChI=1S/C19H23N3O3.ClH/c20-13-4-6-14(7-5-13)22-18(24)15-8-3-12(11-16(15)19(22)25)17(23)21-9-1-2-10-21;/h3,8,11,13-14H,1-2,4-7,9-10,20H2;1H/t13-,14-;. The van der Waals surface area contributed by atoms with E-state index in [2.05, 4.69) is 0 Å². The van der Waals surface area contributed by atoms with Gasteiger partial charge in [0.05, 0.1) is 11.1 Å². The predicted octanol–water partition coefficient (Wildman–Crippen LogP) is 2.21. The zero-order valence-electron chi connectivity index (χ0n) is 14.6. The third kappa shape index (κ3) is 3.12. The van der Waals surface area contributed by atoms with Crippen LogP contribution in [0.3, 0.4) is 0 Å². The second-order valence-electron chi connectivity index (χ2n) is 7.31. The van der Waals surface area contributed by atoms with Gasteiger partial charge in [-0.2, -0.15) is 0 Å². The Labute approximate surface area is 159 Å². The summed E-state index contributed by atoms with van der Waals surface area (Å²) in [6.07, 6.45) is 5.21. The van der Waals surface area contributed by atoms with E-state index in [9.17, 15) is 14.4 Å². The lowest BCUT2D eigenvalue weighted by atomic mass is 9.91. The molecule has 1 aromatic carbocycles. The molecule has 3 amide bonds. The van der Waals surface area contributed by atoms with E-state index >= 15 is 0 Å². The number of carbonyl (C=O) groups excluding carboxylic acids is 3. The summed E-state index contributed by atoms with van der Waals surface area (Å²) in [7, 11) is 0. The average molecular weight is 378 g/mol. The van der Waals surface area contributed by atoms with Crippen molar-refractivity contribution in [3.8, 4) is 0 Å². The molecule has 0 radical (unpaired) electrons. The molecule has 4 rings (SSSR count). The molecule has 0 spiro atoms. The van der Waals surface area contributed by atoms with Crippen molar-refractivity contribution in [3.63, 3.8) is 0 Å². The molecule has 140 valence electrons. The van der Waals surface area contributed by atoms with Crippen LogP contribution < -0.4 is 5.73 Å². The molecular formula is C19H24ClN3O3. The molecule has 6 nitrogen and oxygen atoms in total. The number of fused-ring (bicyclic) bond motifs is 1. The van der Waals surface area contributed by atoms with Crippen LogP contribution in [0, 0.1) is 0 Å². The van der Waals surface area contributed by atoms with Gasteiger partial charge >= 0.3 is 0 Å². The van der Waals surface area contributed by atoms with Gasteiger partial charge in [-0.1, -0.05) is 0 Å². The summed E-state index contributed by atoms with van der Waals surface area (Å²) in [5.74, 6) is -0.556. The number of carbonyl (C=O) groups is 3. The number of nitrogens with zero attached hydrogens (tertiary/aromatic N) is 2. The van der Waals surface area contributed by atoms with Gasteiger partial charge in [-0.3, -0.25) is 19.3 Å². The van der Waals surface area contributed by atoms with Crippen LogP contribution in [-0.4, -0.2) is 52.7 Å². The minimum Gasteiger partial charge on any atom is -0.339 e. The van der Waals surface area contributed by atoms with Crippen LogP contribution in [0.5, 0.6) is 0 Å². The van der Waals surface area contributed by atoms with Crippen molar-refractivity contribution in [1.29, 1.82) is 0 Å². The van der Waals surface area contributed by atoms with Crippen LogP contribution >= 0.6 is 12.4 Å². The van der Waals surface area contributed by atoms with Crippen molar-refractivity contribution in [1.82, 2.24) is 9.80 Å². The van der Waals surface area contributed by atoms with Crippen molar-refractivity contribution in [2.75, 3.05) is 13.1 Å². The summed E-state index contributed by atoms with van der Waals surface area (Å²) in [6.45, 7) is 1.52. The third-order valence-corrected chi connectivity index (χ3v) is 5.66. The summed E-state index contributed by atoms with van der Waals surface area (Å²) in [4.78, 5) is 41.3. The molecule has 2 aliphatic heterocycles. The van der Waals surface area contributed by atoms with Crippen molar-refractivity contribution in [2.24, 2.45) is 5.73 Å². The monoisotopic (exact) mass is 377 g/mol. The summed E-state index contributed by atoms with van der Waals surface area (Å²) in [5, 5.41) is 0. The largest absolute Gasteiger partial charge is 0.339 e. The fraction of sp³-hybridized carbons (Fsp3) is 0.526. The Morgan fingerprint density at radius 1 is 0.962 bits per heavy atom. The molecule has 26 heavy (non-hydrogen) atoms. The lowest BCUT2D eigenvalue weighted by Crippen LogP contribution is -2.43. The molecule has 1 aromatic rings. The Kier molecular flexibility index (Phi) is 5.34. The second-order valence-corrected chi connectivity index (χ2v) is 7.31.